The Hall–Kier alpha value is 1.00. The molecule has 52 valence electrons. The molecule has 0 saturated heterocycles. The van der Waals surface area contributed by atoms with E-state index < -0.39 is 0 Å². The zero-order chi connectivity index (χ0) is 6.78. The first-order valence-corrected chi connectivity index (χ1v) is 3.42. The molecule has 0 saturated carbocycles. The van der Waals surface area contributed by atoms with E-state index in [9.17, 15) is 0 Å². The van der Waals surface area contributed by atoms with Crippen LogP contribution in [0.15, 0.2) is 0 Å². The van der Waals surface area contributed by atoms with Gasteiger partial charge in [-0.3, -0.25) is 0 Å². The summed E-state index contributed by atoms with van der Waals surface area (Å²) in [7, 11) is 0. The van der Waals surface area contributed by atoms with Gasteiger partial charge >= 0.3 is 29.6 Å². The van der Waals surface area contributed by atoms with Crippen LogP contribution in [-0.2, 0) is 0 Å². The van der Waals surface area contributed by atoms with E-state index in [0.29, 0.717) is 5.41 Å². The van der Waals surface area contributed by atoms with Crippen LogP contribution < -0.4 is 0 Å². The summed E-state index contributed by atoms with van der Waals surface area (Å²) in [5.74, 6) is 0.843. The van der Waals surface area contributed by atoms with E-state index in [4.69, 9.17) is 0 Å². The Morgan fingerprint density at radius 1 is 1.11 bits per heavy atom. The number of rotatable bonds is 1. The Labute approximate surface area is 81.7 Å². The second-order valence-electron chi connectivity index (χ2n) is 4.16. The van der Waals surface area contributed by atoms with Crippen molar-refractivity contribution in [2.24, 2.45) is 11.3 Å². The van der Waals surface area contributed by atoms with Gasteiger partial charge in [0.25, 0.3) is 0 Å². The predicted molar refractivity (Wildman–Crippen MR) is 46.1 cm³/mol. The van der Waals surface area contributed by atoms with Gasteiger partial charge in [0, 0.05) is 0 Å². The van der Waals surface area contributed by atoms with Crippen LogP contribution in [0.25, 0.3) is 0 Å². The molecule has 0 fully saturated rings. The molecule has 0 aliphatic heterocycles. The zero-order valence-corrected chi connectivity index (χ0v) is 6.78. The van der Waals surface area contributed by atoms with Crippen LogP contribution in [0.4, 0.5) is 0 Å². The zero-order valence-electron chi connectivity index (χ0n) is 6.78. The molecule has 0 unspecified atom stereocenters. The van der Waals surface area contributed by atoms with Gasteiger partial charge in [-0.15, -0.1) is 0 Å². The Balaban J connectivity index is 0. The van der Waals surface area contributed by atoms with E-state index in [2.05, 4.69) is 34.6 Å². The maximum atomic E-state index is 2.28. The summed E-state index contributed by atoms with van der Waals surface area (Å²) >= 11 is 0. The molecule has 0 heterocycles. The third-order valence-corrected chi connectivity index (χ3v) is 1.02. The first-order chi connectivity index (χ1) is 3.42. The van der Waals surface area contributed by atoms with Crippen LogP contribution in [0.5, 0.6) is 0 Å². The van der Waals surface area contributed by atoms with Crippen molar-refractivity contribution in [3.63, 3.8) is 0 Å². The summed E-state index contributed by atoms with van der Waals surface area (Å²) in [6.07, 6.45) is 1.33. The van der Waals surface area contributed by atoms with E-state index in [1.807, 2.05) is 0 Å². The molecule has 0 aromatic heterocycles. The van der Waals surface area contributed by atoms with Crippen molar-refractivity contribution >= 4 is 29.6 Å². The molecule has 0 aliphatic rings. The molecule has 0 bridgehead atoms. The third-order valence-electron chi connectivity index (χ3n) is 1.02. The average molecular weight is 138 g/mol. The molecular weight excluding hydrogens is 119 g/mol. The Kier molecular flexibility index (Phi) is 6.69. The van der Waals surface area contributed by atoms with Crippen LogP contribution in [0, 0.1) is 11.3 Å². The first-order valence-electron chi connectivity index (χ1n) is 3.42. The summed E-state index contributed by atoms with van der Waals surface area (Å²) in [5, 5.41) is 0. The second kappa shape index (κ2) is 4.76. The Bertz CT molecular complexity index is 59.5. The van der Waals surface area contributed by atoms with Crippen molar-refractivity contribution in [1.82, 2.24) is 0 Å². The van der Waals surface area contributed by atoms with Crippen molar-refractivity contribution in [2.45, 2.75) is 41.0 Å². The maximum absolute atomic E-state index is 2.28. The van der Waals surface area contributed by atoms with Crippen molar-refractivity contribution in [3.05, 3.63) is 0 Å². The molecule has 0 nitrogen and oxygen atoms in total. The van der Waals surface area contributed by atoms with E-state index in [-0.39, 0.29) is 29.6 Å². The van der Waals surface area contributed by atoms with Gasteiger partial charge in [0.05, 0.1) is 0 Å². The molecule has 0 aromatic carbocycles. The molecule has 0 atom stereocenters. The minimum atomic E-state index is 0. The van der Waals surface area contributed by atoms with E-state index in [1.54, 1.807) is 0 Å². The quantitative estimate of drug-likeness (QED) is 0.488. The third kappa shape index (κ3) is 12.2. The van der Waals surface area contributed by atoms with Crippen molar-refractivity contribution in [3.8, 4) is 0 Å². The second-order valence-corrected chi connectivity index (χ2v) is 4.16. The Morgan fingerprint density at radius 3 is 1.44 bits per heavy atom. The van der Waals surface area contributed by atoms with Crippen LogP contribution >= 0.6 is 0 Å². The van der Waals surface area contributed by atoms with E-state index >= 15 is 0 Å². The van der Waals surface area contributed by atoms with Gasteiger partial charge in [-0.25, -0.2) is 0 Å². The number of hydrogen-bond donors (Lipinski definition) is 0. The van der Waals surface area contributed by atoms with Crippen molar-refractivity contribution in [2.75, 3.05) is 0 Å². The molecule has 0 aromatic rings. The van der Waals surface area contributed by atoms with E-state index in [1.165, 1.54) is 6.42 Å². The Morgan fingerprint density at radius 2 is 1.44 bits per heavy atom. The fourth-order valence-corrected chi connectivity index (χ4v) is 1.22. The summed E-state index contributed by atoms with van der Waals surface area (Å²) in [4.78, 5) is 0. The van der Waals surface area contributed by atoms with Gasteiger partial charge < -0.3 is 0 Å². The van der Waals surface area contributed by atoms with Gasteiger partial charge in [-0.1, -0.05) is 34.6 Å². The molecule has 0 aliphatic carbocycles. The molecule has 0 N–H and O–H groups in total. The topological polar surface area (TPSA) is 0 Å². The van der Waals surface area contributed by atoms with Gasteiger partial charge in [0.2, 0.25) is 0 Å². The SMILES string of the molecule is CC(C)CC(C)(C)C.[NaH]. The first kappa shape index (κ1) is 12.7. The van der Waals surface area contributed by atoms with Crippen molar-refractivity contribution in [1.29, 1.82) is 0 Å². The number of hydrogen-bond acceptors (Lipinski definition) is 0. The predicted octanol–water partition coefficient (Wildman–Crippen LogP) is 2.43. The molecule has 1 heteroatoms. The summed E-state index contributed by atoms with van der Waals surface area (Å²) < 4.78 is 0. The van der Waals surface area contributed by atoms with Crippen LogP contribution in [0.3, 0.4) is 0 Å². The fourth-order valence-electron chi connectivity index (χ4n) is 1.22. The van der Waals surface area contributed by atoms with Gasteiger partial charge in [0.15, 0.2) is 0 Å². The minimum absolute atomic E-state index is 0. The molecule has 0 radical (unpaired) electrons. The standard InChI is InChI=1S/C8H18.Na.H/c1-7(2)6-8(3,4)5;;/h7H,6H2,1-5H3;;. The van der Waals surface area contributed by atoms with Gasteiger partial charge in [-0.2, -0.15) is 0 Å². The van der Waals surface area contributed by atoms with Gasteiger partial charge in [-0.05, 0) is 17.8 Å². The molecule has 0 rings (SSSR count). The summed E-state index contributed by atoms with van der Waals surface area (Å²) in [6.45, 7) is 11.4. The van der Waals surface area contributed by atoms with Crippen LogP contribution in [0.2, 0.25) is 0 Å². The average Bonchev–Trinajstić information content (AvgIpc) is 1.21. The summed E-state index contributed by atoms with van der Waals surface area (Å²) in [6, 6.07) is 0. The van der Waals surface area contributed by atoms with Crippen molar-refractivity contribution < 1.29 is 0 Å². The van der Waals surface area contributed by atoms with Gasteiger partial charge in [0.1, 0.15) is 0 Å². The van der Waals surface area contributed by atoms with E-state index in [0.717, 1.165) is 5.92 Å². The van der Waals surface area contributed by atoms with Crippen LogP contribution in [-0.4, -0.2) is 29.6 Å². The normalized spacial score (nSPS) is 11.3. The summed E-state index contributed by atoms with van der Waals surface area (Å²) in [5.41, 5.74) is 0.522. The molecule has 0 spiro atoms. The van der Waals surface area contributed by atoms with Crippen LogP contribution in [0.1, 0.15) is 41.0 Å². The molecular formula is C8H19Na. The molecule has 0 amide bonds. The molecule has 9 heavy (non-hydrogen) atoms. The fraction of sp³-hybridized carbons (Fsp3) is 1.00. The monoisotopic (exact) mass is 138 g/mol.